The second-order valence-corrected chi connectivity index (χ2v) is 3.28. The molecule has 1 aromatic carbocycles. The summed E-state index contributed by atoms with van der Waals surface area (Å²) >= 11 is 2.31. The van der Waals surface area contributed by atoms with E-state index in [0.29, 0.717) is 0 Å². The summed E-state index contributed by atoms with van der Waals surface area (Å²) in [4.78, 5) is 0. The van der Waals surface area contributed by atoms with Gasteiger partial charge in [0, 0.05) is 3.57 Å². The van der Waals surface area contributed by atoms with Crippen LogP contribution in [0.3, 0.4) is 0 Å². The maximum absolute atomic E-state index is 3.23. The first-order valence-corrected chi connectivity index (χ1v) is 3.93. The van der Waals surface area contributed by atoms with Crippen molar-refractivity contribution in [2.24, 2.45) is 0 Å². The Hall–Kier alpha value is -0.0500. The van der Waals surface area contributed by atoms with Crippen LogP contribution in [0, 0.1) is 23.5 Å². The fraction of sp³-hybridized carbons (Fsp3) is 0.250. The molecule has 0 N–H and O–H groups in total. The van der Waals surface area contributed by atoms with Gasteiger partial charge in [-0.15, -0.1) is 0 Å². The minimum Gasteiger partial charge on any atom is -0.0576 e. The molecule has 0 amide bonds. The number of hydrogen-bond acceptors (Lipinski definition) is 0. The van der Waals surface area contributed by atoms with E-state index in [0.717, 1.165) is 0 Å². The Morgan fingerprint density at radius 3 is 2.44 bits per heavy atom. The molecule has 1 aromatic rings. The zero-order chi connectivity index (χ0) is 6.85. The lowest BCUT2D eigenvalue weighted by molar-refractivity contribution is 1.34. The molecule has 0 saturated carbocycles. The van der Waals surface area contributed by atoms with E-state index in [1.807, 2.05) is 0 Å². The molecule has 0 aliphatic heterocycles. The van der Waals surface area contributed by atoms with Crippen molar-refractivity contribution in [1.82, 2.24) is 0 Å². The van der Waals surface area contributed by atoms with Crippen LogP contribution >= 0.6 is 22.6 Å². The fourth-order valence-corrected chi connectivity index (χ4v) is 1.03. The summed E-state index contributed by atoms with van der Waals surface area (Å²) in [5.41, 5.74) is 2.46. The van der Waals surface area contributed by atoms with Crippen molar-refractivity contribution < 1.29 is 0 Å². The second kappa shape index (κ2) is 2.69. The lowest BCUT2D eigenvalue weighted by atomic mass is 10.2. The maximum Gasteiger partial charge on any atom is 0.0165 e. The first kappa shape index (κ1) is 7.06. The fourth-order valence-electron chi connectivity index (χ4n) is 0.720. The smallest absolute Gasteiger partial charge is 0.0165 e. The lowest BCUT2D eigenvalue weighted by Crippen LogP contribution is -1.80. The number of rotatable bonds is 0. The van der Waals surface area contributed by atoms with Crippen LogP contribution in [0.5, 0.6) is 0 Å². The molecule has 0 atom stereocenters. The molecule has 0 bridgehead atoms. The quantitative estimate of drug-likeness (QED) is 0.602. The molecule has 0 aliphatic carbocycles. The largest absolute Gasteiger partial charge is 0.0576 e. The van der Waals surface area contributed by atoms with E-state index < -0.39 is 0 Å². The average molecular weight is 231 g/mol. The highest BCUT2D eigenvalue weighted by Gasteiger charge is 1.91. The van der Waals surface area contributed by atoms with Crippen LogP contribution in [0.2, 0.25) is 0 Å². The Morgan fingerprint density at radius 2 is 2.00 bits per heavy atom. The molecule has 0 spiro atoms. The van der Waals surface area contributed by atoms with Crippen molar-refractivity contribution in [3.63, 3.8) is 0 Å². The van der Waals surface area contributed by atoms with Crippen LogP contribution in [0.1, 0.15) is 11.1 Å². The standard InChI is InChI=1S/C8H8I/c1-6-3-4-8(9)7(2)5-6/h3-4H,1-2H3. The Bertz CT molecular complexity index is 216. The van der Waals surface area contributed by atoms with Crippen molar-refractivity contribution in [3.8, 4) is 0 Å². The molecule has 0 aromatic heterocycles. The SMILES string of the molecule is Cc1[c]c(C)c(I)cc1. The molecular weight excluding hydrogens is 223 g/mol. The Kier molecular flexibility index (Phi) is 2.11. The van der Waals surface area contributed by atoms with Gasteiger partial charge in [0.1, 0.15) is 0 Å². The highest BCUT2D eigenvalue weighted by atomic mass is 127. The van der Waals surface area contributed by atoms with E-state index in [4.69, 9.17) is 0 Å². The summed E-state index contributed by atoms with van der Waals surface area (Å²) in [5, 5.41) is 0. The van der Waals surface area contributed by atoms with Crippen molar-refractivity contribution in [3.05, 3.63) is 32.9 Å². The van der Waals surface area contributed by atoms with Crippen molar-refractivity contribution in [1.29, 1.82) is 0 Å². The van der Waals surface area contributed by atoms with Gasteiger partial charge in [0.25, 0.3) is 0 Å². The van der Waals surface area contributed by atoms with Gasteiger partial charge < -0.3 is 0 Å². The second-order valence-electron chi connectivity index (χ2n) is 2.11. The Balaban J connectivity index is 3.17. The van der Waals surface area contributed by atoms with Crippen LogP contribution in [0.4, 0.5) is 0 Å². The van der Waals surface area contributed by atoms with Crippen LogP contribution in [0.15, 0.2) is 12.1 Å². The summed E-state index contributed by atoms with van der Waals surface area (Å²) in [6, 6.07) is 7.42. The molecule has 0 nitrogen and oxygen atoms in total. The van der Waals surface area contributed by atoms with Gasteiger partial charge in [-0.2, -0.15) is 0 Å². The van der Waals surface area contributed by atoms with Crippen molar-refractivity contribution in [2.75, 3.05) is 0 Å². The van der Waals surface area contributed by atoms with E-state index in [1.165, 1.54) is 14.7 Å². The molecule has 9 heavy (non-hydrogen) atoms. The Labute approximate surface area is 69.4 Å². The molecule has 47 valence electrons. The third-order valence-electron chi connectivity index (χ3n) is 1.22. The first-order chi connectivity index (χ1) is 4.20. The normalized spacial score (nSPS) is 9.67. The van der Waals surface area contributed by atoms with Crippen LogP contribution < -0.4 is 0 Å². The minimum absolute atomic E-state index is 1.22. The molecule has 1 rings (SSSR count). The zero-order valence-electron chi connectivity index (χ0n) is 5.53. The summed E-state index contributed by atoms with van der Waals surface area (Å²) in [7, 11) is 0. The number of hydrogen-bond donors (Lipinski definition) is 0. The van der Waals surface area contributed by atoms with Crippen molar-refractivity contribution in [2.45, 2.75) is 13.8 Å². The molecule has 0 saturated heterocycles. The summed E-state index contributed by atoms with van der Waals surface area (Å²) in [5.74, 6) is 0. The molecule has 1 radical (unpaired) electrons. The van der Waals surface area contributed by atoms with E-state index >= 15 is 0 Å². The average Bonchev–Trinajstić information content (AvgIpc) is 1.80. The van der Waals surface area contributed by atoms with Gasteiger partial charge in [-0.3, -0.25) is 0 Å². The molecule has 0 heterocycles. The van der Waals surface area contributed by atoms with Gasteiger partial charge in [0.15, 0.2) is 0 Å². The molecule has 0 fully saturated rings. The zero-order valence-corrected chi connectivity index (χ0v) is 7.69. The van der Waals surface area contributed by atoms with Gasteiger partial charge in [-0.1, -0.05) is 6.07 Å². The molecule has 1 heteroatoms. The number of halogens is 1. The van der Waals surface area contributed by atoms with Crippen LogP contribution in [0.25, 0.3) is 0 Å². The summed E-state index contributed by atoms with van der Waals surface area (Å²) in [6.45, 7) is 4.14. The number of aryl methyl sites for hydroxylation is 2. The third-order valence-corrected chi connectivity index (χ3v) is 2.39. The van der Waals surface area contributed by atoms with E-state index in [1.54, 1.807) is 0 Å². The molecule has 0 unspecified atom stereocenters. The highest BCUT2D eigenvalue weighted by molar-refractivity contribution is 14.1. The highest BCUT2D eigenvalue weighted by Crippen LogP contribution is 2.10. The predicted octanol–water partition coefficient (Wildman–Crippen LogP) is 2.71. The van der Waals surface area contributed by atoms with Crippen molar-refractivity contribution >= 4 is 22.6 Å². The van der Waals surface area contributed by atoms with Crippen LogP contribution in [-0.2, 0) is 0 Å². The van der Waals surface area contributed by atoms with Crippen LogP contribution in [-0.4, -0.2) is 0 Å². The number of benzene rings is 1. The van der Waals surface area contributed by atoms with Gasteiger partial charge in [0.2, 0.25) is 0 Å². The third kappa shape index (κ3) is 1.68. The summed E-state index contributed by atoms with van der Waals surface area (Å²) in [6.07, 6.45) is 0. The first-order valence-electron chi connectivity index (χ1n) is 2.85. The Morgan fingerprint density at radius 1 is 1.33 bits per heavy atom. The van der Waals surface area contributed by atoms with E-state index in [-0.39, 0.29) is 0 Å². The van der Waals surface area contributed by atoms with E-state index in [9.17, 15) is 0 Å². The van der Waals surface area contributed by atoms with E-state index in [2.05, 4.69) is 54.6 Å². The monoisotopic (exact) mass is 231 g/mol. The lowest BCUT2D eigenvalue weighted by Gasteiger charge is -1.95. The molecule has 0 aliphatic rings. The van der Waals surface area contributed by atoms with Gasteiger partial charge in [-0.25, -0.2) is 0 Å². The topological polar surface area (TPSA) is 0 Å². The summed E-state index contributed by atoms with van der Waals surface area (Å²) < 4.78 is 1.29. The maximum atomic E-state index is 3.23. The minimum atomic E-state index is 1.22. The van der Waals surface area contributed by atoms with Gasteiger partial charge >= 0.3 is 0 Å². The molecular formula is C8H8I. The van der Waals surface area contributed by atoms with Gasteiger partial charge in [0.05, 0.1) is 0 Å². The predicted molar refractivity (Wildman–Crippen MR) is 47.5 cm³/mol. The van der Waals surface area contributed by atoms with Gasteiger partial charge in [-0.05, 0) is 59.7 Å².